The predicted molar refractivity (Wildman–Crippen MR) is 109 cm³/mol. The zero-order valence-corrected chi connectivity index (χ0v) is 16.3. The minimum atomic E-state index is -0.534. The Bertz CT molecular complexity index is 680. The molecule has 0 fully saturated rings. The normalized spacial score (nSPS) is 14.1. The number of alkyl halides is 1. The van der Waals surface area contributed by atoms with Crippen LogP contribution in [0.4, 0.5) is 0 Å². The Hall–Kier alpha value is -1.36. The SMILES string of the molecule is CCCNC(=O)C1(CCCCI)c2ccccc2-c2ccccc21. The van der Waals surface area contributed by atoms with Crippen LogP contribution < -0.4 is 5.32 Å². The van der Waals surface area contributed by atoms with Crippen molar-refractivity contribution < 1.29 is 4.79 Å². The van der Waals surface area contributed by atoms with E-state index in [1.54, 1.807) is 0 Å². The molecule has 2 aromatic carbocycles. The molecule has 1 amide bonds. The van der Waals surface area contributed by atoms with Gasteiger partial charge in [-0.15, -0.1) is 0 Å². The van der Waals surface area contributed by atoms with Gasteiger partial charge < -0.3 is 5.32 Å². The number of nitrogens with one attached hydrogen (secondary N) is 1. The van der Waals surface area contributed by atoms with E-state index < -0.39 is 5.41 Å². The molecule has 2 nitrogen and oxygen atoms in total. The molecule has 0 aliphatic heterocycles. The van der Waals surface area contributed by atoms with E-state index in [0.29, 0.717) is 0 Å². The van der Waals surface area contributed by atoms with Gasteiger partial charge >= 0.3 is 0 Å². The minimum absolute atomic E-state index is 0.162. The van der Waals surface area contributed by atoms with E-state index in [4.69, 9.17) is 0 Å². The average molecular weight is 433 g/mol. The van der Waals surface area contributed by atoms with E-state index in [9.17, 15) is 4.79 Å². The number of hydrogen-bond acceptors (Lipinski definition) is 1. The van der Waals surface area contributed by atoms with Crippen LogP contribution in [0.5, 0.6) is 0 Å². The van der Waals surface area contributed by atoms with E-state index in [-0.39, 0.29) is 5.91 Å². The number of unbranched alkanes of at least 4 members (excludes halogenated alkanes) is 1. The second kappa shape index (κ2) is 7.68. The van der Waals surface area contributed by atoms with Crippen molar-refractivity contribution in [3.63, 3.8) is 0 Å². The summed E-state index contributed by atoms with van der Waals surface area (Å²) in [5, 5.41) is 3.18. The van der Waals surface area contributed by atoms with Gasteiger partial charge in [0.2, 0.25) is 5.91 Å². The Morgan fingerprint density at radius 1 is 1.00 bits per heavy atom. The first-order valence-corrected chi connectivity index (χ1v) is 10.3. The number of hydrogen-bond donors (Lipinski definition) is 1. The van der Waals surface area contributed by atoms with E-state index in [1.165, 1.54) is 22.3 Å². The predicted octanol–water partition coefficient (Wildman–Crippen LogP) is 5.08. The summed E-state index contributed by atoms with van der Waals surface area (Å²) in [6.45, 7) is 2.83. The number of carbonyl (C=O) groups is 1. The van der Waals surface area contributed by atoms with Crippen molar-refractivity contribution in [1.29, 1.82) is 0 Å². The van der Waals surface area contributed by atoms with Crippen molar-refractivity contribution in [1.82, 2.24) is 5.32 Å². The van der Waals surface area contributed by atoms with Crippen LogP contribution in [0.15, 0.2) is 48.5 Å². The number of rotatable bonds is 7. The fourth-order valence-corrected chi connectivity index (χ4v) is 4.37. The average Bonchev–Trinajstić information content (AvgIpc) is 2.92. The van der Waals surface area contributed by atoms with Gasteiger partial charge in [0.05, 0.1) is 0 Å². The smallest absolute Gasteiger partial charge is 0.235 e. The summed E-state index contributed by atoms with van der Waals surface area (Å²) < 4.78 is 1.13. The number of carbonyl (C=O) groups excluding carboxylic acids is 1. The molecule has 126 valence electrons. The standard InChI is InChI=1S/C21H24INO/c1-2-15-23-20(24)21(13-7-8-14-22)18-11-5-3-9-16(18)17-10-4-6-12-19(17)21/h3-6,9-12H,2,7-8,13-15H2,1H3,(H,23,24). The molecule has 0 spiro atoms. The van der Waals surface area contributed by atoms with Crippen LogP contribution in [0.25, 0.3) is 11.1 Å². The van der Waals surface area contributed by atoms with Crippen LogP contribution in [-0.2, 0) is 10.2 Å². The molecule has 1 N–H and O–H groups in total. The summed E-state index contributed by atoms with van der Waals surface area (Å²) in [7, 11) is 0. The lowest BCUT2D eigenvalue weighted by Crippen LogP contribution is -2.44. The van der Waals surface area contributed by atoms with Crippen molar-refractivity contribution >= 4 is 28.5 Å². The molecule has 0 unspecified atom stereocenters. The lowest BCUT2D eigenvalue weighted by molar-refractivity contribution is -0.125. The lowest BCUT2D eigenvalue weighted by atomic mass is 9.73. The van der Waals surface area contributed by atoms with Gasteiger partial charge in [-0.05, 0) is 45.9 Å². The van der Waals surface area contributed by atoms with Crippen LogP contribution in [0, 0.1) is 0 Å². The molecule has 3 heteroatoms. The Balaban J connectivity index is 2.14. The first kappa shape index (κ1) is 17.5. The van der Waals surface area contributed by atoms with Gasteiger partial charge in [-0.2, -0.15) is 0 Å². The second-order valence-corrected chi connectivity index (χ2v) is 7.48. The molecule has 1 aliphatic rings. The monoisotopic (exact) mass is 433 g/mol. The highest BCUT2D eigenvalue weighted by atomic mass is 127. The van der Waals surface area contributed by atoms with E-state index >= 15 is 0 Å². The maximum atomic E-state index is 13.3. The molecule has 0 saturated carbocycles. The van der Waals surface area contributed by atoms with E-state index in [2.05, 4.69) is 83.4 Å². The van der Waals surface area contributed by atoms with Crippen LogP contribution in [0.1, 0.15) is 43.7 Å². The minimum Gasteiger partial charge on any atom is -0.355 e. The molecule has 3 rings (SSSR count). The van der Waals surface area contributed by atoms with Crippen LogP contribution in [0.3, 0.4) is 0 Å². The first-order valence-electron chi connectivity index (χ1n) is 8.79. The van der Waals surface area contributed by atoms with Gasteiger partial charge in [-0.1, -0.05) is 84.5 Å². The van der Waals surface area contributed by atoms with Gasteiger partial charge in [-0.3, -0.25) is 4.79 Å². The fraction of sp³-hybridized carbons (Fsp3) is 0.381. The summed E-state index contributed by atoms with van der Waals surface area (Å²) in [4.78, 5) is 13.3. The Morgan fingerprint density at radius 3 is 2.12 bits per heavy atom. The van der Waals surface area contributed by atoms with E-state index in [0.717, 1.165) is 36.7 Å². The topological polar surface area (TPSA) is 29.1 Å². The highest BCUT2D eigenvalue weighted by molar-refractivity contribution is 14.1. The summed E-state index contributed by atoms with van der Waals surface area (Å²) in [6, 6.07) is 16.9. The molecule has 0 bridgehead atoms. The number of halogens is 1. The molecular formula is C21H24INO. The number of amides is 1. The van der Waals surface area contributed by atoms with Gasteiger partial charge in [0.1, 0.15) is 5.41 Å². The van der Waals surface area contributed by atoms with Gasteiger partial charge in [0.25, 0.3) is 0 Å². The third kappa shape index (κ3) is 2.87. The molecule has 24 heavy (non-hydrogen) atoms. The fourth-order valence-electron chi connectivity index (χ4n) is 3.83. The number of fused-ring (bicyclic) bond motifs is 3. The maximum Gasteiger partial charge on any atom is 0.235 e. The molecule has 0 atom stereocenters. The Kier molecular flexibility index (Phi) is 5.59. The second-order valence-electron chi connectivity index (χ2n) is 6.40. The zero-order chi connectivity index (χ0) is 17.0. The van der Waals surface area contributed by atoms with Crippen molar-refractivity contribution in [2.75, 3.05) is 11.0 Å². The Morgan fingerprint density at radius 2 is 1.58 bits per heavy atom. The third-order valence-electron chi connectivity index (χ3n) is 4.92. The molecule has 0 radical (unpaired) electrons. The summed E-state index contributed by atoms with van der Waals surface area (Å²) >= 11 is 2.42. The first-order chi connectivity index (χ1) is 11.8. The van der Waals surface area contributed by atoms with Gasteiger partial charge in [-0.25, -0.2) is 0 Å². The van der Waals surface area contributed by atoms with E-state index in [1.807, 2.05) is 0 Å². The molecule has 2 aromatic rings. The summed E-state index contributed by atoms with van der Waals surface area (Å²) in [5.41, 5.74) is 4.25. The Labute approximate surface area is 158 Å². The van der Waals surface area contributed by atoms with Crippen molar-refractivity contribution in [3.05, 3.63) is 59.7 Å². The molecule has 1 aliphatic carbocycles. The molecule has 0 aromatic heterocycles. The van der Waals surface area contributed by atoms with Crippen LogP contribution in [0.2, 0.25) is 0 Å². The maximum absolute atomic E-state index is 13.3. The molecule has 0 heterocycles. The zero-order valence-electron chi connectivity index (χ0n) is 14.1. The highest BCUT2D eigenvalue weighted by Gasteiger charge is 2.48. The van der Waals surface area contributed by atoms with Crippen molar-refractivity contribution in [2.45, 2.75) is 38.0 Å². The van der Waals surface area contributed by atoms with Gasteiger partial charge in [0, 0.05) is 6.54 Å². The third-order valence-corrected chi connectivity index (χ3v) is 5.69. The molecule has 0 saturated heterocycles. The van der Waals surface area contributed by atoms with Crippen LogP contribution >= 0.6 is 22.6 Å². The summed E-state index contributed by atoms with van der Waals surface area (Å²) in [5.74, 6) is 0.162. The summed E-state index contributed by atoms with van der Waals surface area (Å²) in [6.07, 6.45) is 4.04. The van der Waals surface area contributed by atoms with Crippen LogP contribution in [-0.4, -0.2) is 16.9 Å². The largest absolute Gasteiger partial charge is 0.355 e. The lowest BCUT2D eigenvalue weighted by Gasteiger charge is -2.31. The quantitative estimate of drug-likeness (QED) is 0.368. The molecular weight excluding hydrogens is 409 g/mol. The van der Waals surface area contributed by atoms with Crippen molar-refractivity contribution in [2.24, 2.45) is 0 Å². The van der Waals surface area contributed by atoms with Crippen molar-refractivity contribution in [3.8, 4) is 11.1 Å². The highest BCUT2D eigenvalue weighted by Crippen LogP contribution is 2.51. The number of benzene rings is 2. The van der Waals surface area contributed by atoms with Gasteiger partial charge in [0.15, 0.2) is 0 Å².